The summed E-state index contributed by atoms with van der Waals surface area (Å²) in [5, 5.41) is 12.4. The smallest absolute Gasteiger partial charge is 0.262 e. The minimum Gasteiger partial charge on any atom is -0.490 e. The summed E-state index contributed by atoms with van der Waals surface area (Å²) in [7, 11) is 0. The number of nitrogens with two attached hydrogens (primary N) is 2. The van der Waals surface area contributed by atoms with E-state index in [1.807, 2.05) is 24.3 Å². The number of nitrogen functional groups attached to an aromatic ring is 2. The molecule has 1 aromatic heterocycles. The molecule has 1 heterocycles. The van der Waals surface area contributed by atoms with Gasteiger partial charge in [0.05, 0.1) is 17.3 Å². The van der Waals surface area contributed by atoms with Crippen LogP contribution < -0.4 is 26.3 Å². The number of carbonyl (C=O) groups excluding carboxylic acids is 1. The van der Waals surface area contributed by atoms with Crippen LogP contribution in [0.3, 0.4) is 0 Å². The second-order valence-corrected chi connectivity index (χ2v) is 6.62. The highest BCUT2D eigenvalue weighted by Gasteiger charge is 2.20. The molecule has 2 aromatic carbocycles. The van der Waals surface area contributed by atoms with E-state index in [-0.39, 0.29) is 46.3 Å². The standard InChI is InChI=1S/C21H19ClN6O3/c1-2-30-16-8-13(19-14(10-23)20(24)28-21(25)27-19)15(22)9-17(16)31-11-18(29)26-12-6-4-3-5-7-12/h3-9H,2,11H2,1H3,(H,26,29)(H4,24,25,27,28). The first-order chi connectivity index (χ1) is 14.9. The Bertz CT molecular complexity index is 1150. The van der Waals surface area contributed by atoms with Gasteiger partial charge in [-0.25, -0.2) is 4.98 Å². The number of carbonyl (C=O) groups is 1. The number of rotatable bonds is 7. The zero-order valence-electron chi connectivity index (χ0n) is 16.6. The van der Waals surface area contributed by atoms with Crippen molar-refractivity contribution in [3.63, 3.8) is 0 Å². The van der Waals surface area contributed by atoms with Crippen LogP contribution in [-0.2, 0) is 4.79 Å². The molecular formula is C21H19ClN6O3. The molecule has 0 aliphatic carbocycles. The van der Waals surface area contributed by atoms with Crippen molar-refractivity contribution in [1.29, 1.82) is 5.26 Å². The summed E-state index contributed by atoms with van der Waals surface area (Å²) in [6, 6.07) is 14.0. The number of ether oxygens (including phenoxy) is 2. The Morgan fingerprint density at radius 3 is 2.55 bits per heavy atom. The van der Waals surface area contributed by atoms with E-state index in [2.05, 4.69) is 15.3 Å². The largest absolute Gasteiger partial charge is 0.490 e. The van der Waals surface area contributed by atoms with Crippen LogP contribution in [0.5, 0.6) is 11.5 Å². The summed E-state index contributed by atoms with van der Waals surface area (Å²) in [6.07, 6.45) is 0. The molecule has 0 unspecified atom stereocenters. The monoisotopic (exact) mass is 438 g/mol. The molecule has 9 nitrogen and oxygen atoms in total. The van der Waals surface area contributed by atoms with E-state index in [1.165, 1.54) is 6.07 Å². The molecule has 5 N–H and O–H groups in total. The van der Waals surface area contributed by atoms with Crippen LogP contribution in [0.25, 0.3) is 11.3 Å². The Labute approximate surface area is 183 Å². The summed E-state index contributed by atoms with van der Waals surface area (Å²) in [5.41, 5.74) is 12.7. The van der Waals surface area contributed by atoms with Gasteiger partial charge < -0.3 is 26.3 Å². The molecule has 31 heavy (non-hydrogen) atoms. The molecule has 0 saturated heterocycles. The first-order valence-corrected chi connectivity index (χ1v) is 9.58. The number of hydrogen-bond acceptors (Lipinski definition) is 8. The molecule has 0 fully saturated rings. The summed E-state index contributed by atoms with van der Waals surface area (Å²) in [5.74, 6) is 0.0636. The number of benzene rings is 2. The van der Waals surface area contributed by atoms with E-state index in [0.29, 0.717) is 23.6 Å². The number of nitriles is 1. The first-order valence-electron chi connectivity index (χ1n) is 9.20. The average molecular weight is 439 g/mol. The molecule has 10 heteroatoms. The van der Waals surface area contributed by atoms with Crippen LogP contribution in [0.2, 0.25) is 5.02 Å². The highest BCUT2D eigenvalue weighted by Crippen LogP contribution is 2.40. The van der Waals surface area contributed by atoms with Gasteiger partial charge in [0, 0.05) is 17.3 Å². The van der Waals surface area contributed by atoms with Crippen molar-refractivity contribution in [2.75, 3.05) is 30.0 Å². The molecule has 0 spiro atoms. The van der Waals surface area contributed by atoms with Crippen LogP contribution in [0.15, 0.2) is 42.5 Å². The van der Waals surface area contributed by atoms with Gasteiger partial charge in [0.1, 0.15) is 17.5 Å². The fraction of sp³-hybridized carbons (Fsp3) is 0.143. The van der Waals surface area contributed by atoms with Gasteiger partial charge in [0.2, 0.25) is 5.95 Å². The number of halogens is 1. The molecule has 0 bridgehead atoms. The summed E-state index contributed by atoms with van der Waals surface area (Å²) >= 11 is 6.43. The first kappa shape index (κ1) is 21.7. The van der Waals surface area contributed by atoms with E-state index >= 15 is 0 Å². The zero-order chi connectivity index (χ0) is 22.4. The fourth-order valence-electron chi connectivity index (χ4n) is 2.76. The van der Waals surface area contributed by atoms with Gasteiger partial charge in [-0.1, -0.05) is 29.8 Å². The minimum atomic E-state index is -0.350. The molecule has 0 saturated carbocycles. The van der Waals surface area contributed by atoms with Crippen molar-refractivity contribution in [1.82, 2.24) is 9.97 Å². The van der Waals surface area contributed by atoms with Crippen molar-refractivity contribution in [2.24, 2.45) is 0 Å². The summed E-state index contributed by atoms with van der Waals surface area (Å²) in [6.45, 7) is 1.86. The van der Waals surface area contributed by atoms with Gasteiger partial charge in [-0.05, 0) is 25.1 Å². The Balaban J connectivity index is 1.89. The van der Waals surface area contributed by atoms with Crippen LogP contribution >= 0.6 is 11.6 Å². The third kappa shape index (κ3) is 5.12. The normalized spacial score (nSPS) is 10.2. The Morgan fingerprint density at radius 1 is 1.16 bits per heavy atom. The predicted octanol–water partition coefficient (Wildman–Crippen LogP) is 3.25. The van der Waals surface area contributed by atoms with Crippen molar-refractivity contribution in [3.8, 4) is 28.8 Å². The number of aromatic nitrogens is 2. The lowest BCUT2D eigenvalue weighted by atomic mass is 10.1. The molecule has 0 atom stereocenters. The van der Waals surface area contributed by atoms with E-state index in [0.717, 1.165) is 0 Å². The number of nitrogens with one attached hydrogen (secondary N) is 1. The maximum Gasteiger partial charge on any atom is 0.262 e. The van der Waals surface area contributed by atoms with Crippen molar-refractivity contribution in [2.45, 2.75) is 6.92 Å². The molecule has 0 radical (unpaired) electrons. The summed E-state index contributed by atoms with van der Waals surface area (Å²) in [4.78, 5) is 20.1. The average Bonchev–Trinajstić information content (AvgIpc) is 2.74. The fourth-order valence-corrected chi connectivity index (χ4v) is 3.00. The SMILES string of the molecule is CCOc1cc(-c2nc(N)nc(N)c2C#N)c(Cl)cc1OCC(=O)Nc1ccccc1. The van der Waals surface area contributed by atoms with Gasteiger partial charge >= 0.3 is 0 Å². The Kier molecular flexibility index (Phi) is 6.74. The third-order valence-corrected chi connectivity index (χ3v) is 4.38. The highest BCUT2D eigenvalue weighted by molar-refractivity contribution is 6.33. The molecule has 0 aliphatic heterocycles. The van der Waals surface area contributed by atoms with Crippen LogP contribution in [-0.4, -0.2) is 29.1 Å². The second-order valence-electron chi connectivity index (χ2n) is 6.22. The molecular weight excluding hydrogens is 420 g/mol. The van der Waals surface area contributed by atoms with Gasteiger partial charge in [-0.2, -0.15) is 10.2 Å². The number of anilines is 3. The maximum absolute atomic E-state index is 12.2. The minimum absolute atomic E-state index is 0.0365. The Hall–Kier alpha value is -4.03. The molecule has 1 amide bonds. The van der Waals surface area contributed by atoms with Crippen LogP contribution in [0.4, 0.5) is 17.5 Å². The maximum atomic E-state index is 12.2. The van der Waals surface area contributed by atoms with Gasteiger partial charge in [-0.15, -0.1) is 0 Å². The van der Waals surface area contributed by atoms with E-state index in [4.69, 9.17) is 32.5 Å². The van der Waals surface area contributed by atoms with E-state index in [1.54, 1.807) is 25.1 Å². The van der Waals surface area contributed by atoms with Gasteiger partial charge in [0.25, 0.3) is 5.91 Å². The van der Waals surface area contributed by atoms with Crippen LogP contribution in [0.1, 0.15) is 12.5 Å². The molecule has 158 valence electrons. The topological polar surface area (TPSA) is 149 Å². The van der Waals surface area contributed by atoms with Gasteiger partial charge in [-0.3, -0.25) is 4.79 Å². The lowest BCUT2D eigenvalue weighted by Gasteiger charge is -2.15. The van der Waals surface area contributed by atoms with Crippen molar-refractivity contribution < 1.29 is 14.3 Å². The van der Waals surface area contributed by atoms with E-state index in [9.17, 15) is 10.1 Å². The predicted molar refractivity (Wildman–Crippen MR) is 118 cm³/mol. The van der Waals surface area contributed by atoms with E-state index < -0.39 is 0 Å². The van der Waals surface area contributed by atoms with Gasteiger partial charge in [0.15, 0.2) is 18.1 Å². The molecule has 0 aliphatic rings. The molecule has 3 aromatic rings. The number of hydrogen-bond donors (Lipinski definition) is 3. The lowest BCUT2D eigenvalue weighted by Crippen LogP contribution is -2.20. The second kappa shape index (κ2) is 9.65. The highest BCUT2D eigenvalue weighted by atomic mass is 35.5. The zero-order valence-corrected chi connectivity index (χ0v) is 17.3. The quantitative estimate of drug-likeness (QED) is 0.508. The van der Waals surface area contributed by atoms with Crippen molar-refractivity contribution >= 4 is 35.0 Å². The molecule has 3 rings (SSSR count). The Morgan fingerprint density at radius 2 is 1.87 bits per heavy atom. The third-order valence-electron chi connectivity index (χ3n) is 4.07. The van der Waals surface area contributed by atoms with Crippen LogP contribution in [0, 0.1) is 11.3 Å². The lowest BCUT2D eigenvalue weighted by molar-refractivity contribution is -0.118. The number of para-hydroxylation sites is 1. The number of nitrogens with zero attached hydrogens (tertiary/aromatic N) is 3. The van der Waals surface area contributed by atoms with Crippen molar-refractivity contribution in [3.05, 3.63) is 53.1 Å². The summed E-state index contributed by atoms with van der Waals surface area (Å²) < 4.78 is 11.3. The number of amides is 1.